The predicted molar refractivity (Wildman–Crippen MR) is 57.7 cm³/mol. The maximum atomic E-state index is 11.8. The van der Waals surface area contributed by atoms with Crippen LogP contribution in [0.5, 0.6) is 5.75 Å². The van der Waals surface area contributed by atoms with Crippen molar-refractivity contribution in [3.8, 4) is 5.75 Å². The van der Waals surface area contributed by atoms with E-state index in [9.17, 15) is 18.0 Å². The highest BCUT2D eigenvalue weighted by atomic mass is 35.5. The van der Waals surface area contributed by atoms with Gasteiger partial charge >= 0.3 is 6.36 Å². The van der Waals surface area contributed by atoms with Crippen molar-refractivity contribution in [2.45, 2.75) is 13.3 Å². The molecule has 0 aliphatic carbocycles. The lowest BCUT2D eigenvalue weighted by Crippen LogP contribution is -2.35. The average molecular weight is 271 g/mol. The van der Waals surface area contributed by atoms with Crippen LogP contribution >= 0.6 is 12.4 Å². The van der Waals surface area contributed by atoms with Gasteiger partial charge in [0.15, 0.2) is 0 Å². The van der Waals surface area contributed by atoms with E-state index in [1.807, 2.05) is 0 Å². The number of benzene rings is 1. The third-order valence-electron chi connectivity index (χ3n) is 1.69. The molecule has 0 unspecified atom stereocenters. The Morgan fingerprint density at radius 2 is 1.76 bits per heavy atom. The fourth-order valence-electron chi connectivity index (χ4n) is 0.990. The van der Waals surface area contributed by atoms with E-state index in [1.165, 1.54) is 19.1 Å². The highest BCUT2D eigenvalue weighted by Crippen LogP contribution is 2.24. The van der Waals surface area contributed by atoms with Crippen molar-refractivity contribution in [1.82, 2.24) is 0 Å². The number of alkyl halides is 3. The summed E-state index contributed by atoms with van der Waals surface area (Å²) in [6.07, 6.45) is -4.73. The molecule has 0 heterocycles. The molecule has 0 aliphatic rings. The second kappa shape index (κ2) is 5.74. The quantitative estimate of drug-likeness (QED) is 0.509. The second-order valence-electron chi connectivity index (χ2n) is 2.93. The number of ether oxygens (including phenoxy) is 1. The van der Waals surface area contributed by atoms with Gasteiger partial charge in [-0.2, -0.15) is 0 Å². The minimum Gasteiger partial charge on any atom is -0.406 e. The van der Waals surface area contributed by atoms with Gasteiger partial charge in [0, 0.05) is 6.92 Å². The molecule has 0 fully saturated rings. The summed E-state index contributed by atoms with van der Waals surface area (Å²) in [7, 11) is 0. The van der Waals surface area contributed by atoms with Crippen molar-refractivity contribution in [3.05, 3.63) is 24.3 Å². The Kier molecular flexibility index (Phi) is 5.24. The van der Waals surface area contributed by atoms with E-state index in [1.54, 1.807) is 0 Å². The number of hydrazine groups is 1. The Morgan fingerprint density at radius 1 is 1.29 bits per heavy atom. The van der Waals surface area contributed by atoms with Crippen molar-refractivity contribution < 1.29 is 22.7 Å². The average Bonchev–Trinajstić information content (AvgIpc) is 2.15. The van der Waals surface area contributed by atoms with Crippen LogP contribution in [-0.2, 0) is 4.79 Å². The number of carbonyl (C=O) groups excluding carboxylic acids is 1. The molecule has 8 heteroatoms. The Bertz CT molecular complexity index is 381. The molecule has 1 amide bonds. The lowest BCUT2D eigenvalue weighted by atomic mass is 10.3. The molecule has 1 aromatic rings. The lowest BCUT2D eigenvalue weighted by molar-refractivity contribution is -0.274. The van der Waals surface area contributed by atoms with Crippen LogP contribution in [0.15, 0.2) is 24.3 Å². The fourth-order valence-corrected chi connectivity index (χ4v) is 0.990. The van der Waals surface area contributed by atoms with Gasteiger partial charge in [-0.15, -0.1) is 25.6 Å². The monoisotopic (exact) mass is 270 g/mol. The van der Waals surface area contributed by atoms with E-state index in [0.29, 0.717) is 0 Å². The lowest BCUT2D eigenvalue weighted by Gasteiger charge is -2.15. The maximum Gasteiger partial charge on any atom is 0.573 e. The third-order valence-corrected chi connectivity index (χ3v) is 1.69. The summed E-state index contributed by atoms with van der Waals surface area (Å²) >= 11 is 0. The topological polar surface area (TPSA) is 55.6 Å². The molecule has 17 heavy (non-hydrogen) atoms. The van der Waals surface area contributed by atoms with E-state index in [-0.39, 0.29) is 23.8 Å². The zero-order valence-corrected chi connectivity index (χ0v) is 9.51. The van der Waals surface area contributed by atoms with Crippen LogP contribution in [0.4, 0.5) is 18.9 Å². The molecule has 1 rings (SSSR count). The predicted octanol–water partition coefficient (Wildman–Crippen LogP) is 2.23. The molecule has 4 nitrogen and oxygen atoms in total. The van der Waals surface area contributed by atoms with E-state index in [2.05, 4.69) is 4.74 Å². The molecule has 0 aromatic heterocycles. The zero-order valence-electron chi connectivity index (χ0n) is 8.69. The van der Waals surface area contributed by atoms with Crippen molar-refractivity contribution in [2.24, 2.45) is 5.84 Å². The summed E-state index contributed by atoms with van der Waals surface area (Å²) in [6, 6.07) is 4.65. The van der Waals surface area contributed by atoms with Crippen LogP contribution in [0.25, 0.3) is 0 Å². The van der Waals surface area contributed by atoms with Gasteiger partial charge in [0.05, 0.1) is 5.69 Å². The number of nitrogens with zero attached hydrogens (tertiary/aromatic N) is 1. The molecule has 0 saturated carbocycles. The first-order valence-corrected chi connectivity index (χ1v) is 4.21. The summed E-state index contributed by atoms with van der Waals surface area (Å²) in [4.78, 5) is 10.8. The maximum absolute atomic E-state index is 11.8. The van der Waals surface area contributed by atoms with Gasteiger partial charge in [0.1, 0.15) is 5.75 Å². The SMILES string of the molecule is CC(=O)N(N)c1ccc(OC(F)(F)F)cc1.Cl. The number of hydrogen-bond acceptors (Lipinski definition) is 3. The molecule has 0 bridgehead atoms. The first kappa shape index (κ1) is 15.5. The second-order valence-corrected chi connectivity index (χ2v) is 2.93. The molecule has 0 spiro atoms. The first-order chi connectivity index (χ1) is 7.29. The summed E-state index contributed by atoms with van der Waals surface area (Å²) in [5.41, 5.74) is 0.280. The number of nitrogens with two attached hydrogens (primary N) is 1. The van der Waals surface area contributed by atoms with Gasteiger partial charge < -0.3 is 4.74 Å². The fraction of sp³-hybridized carbons (Fsp3) is 0.222. The van der Waals surface area contributed by atoms with E-state index in [0.717, 1.165) is 17.1 Å². The molecular formula is C9H10ClF3N2O2. The Morgan fingerprint density at radius 3 is 2.12 bits per heavy atom. The third kappa shape index (κ3) is 4.92. The van der Waals surface area contributed by atoms with E-state index < -0.39 is 12.3 Å². The number of amides is 1. The number of rotatable bonds is 2. The van der Waals surface area contributed by atoms with Crippen molar-refractivity contribution in [3.63, 3.8) is 0 Å². The number of anilines is 1. The van der Waals surface area contributed by atoms with Crippen molar-refractivity contribution >= 4 is 24.0 Å². The summed E-state index contributed by atoms with van der Waals surface area (Å²) < 4.78 is 39.1. The number of hydrogen-bond donors (Lipinski definition) is 1. The van der Waals surface area contributed by atoms with Crippen LogP contribution in [-0.4, -0.2) is 12.3 Å². The van der Waals surface area contributed by atoms with Gasteiger partial charge in [-0.05, 0) is 24.3 Å². The minimum atomic E-state index is -4.73. The van der Waals surface area contributed by atoms with Gasteiger partial charge in [-0.3, -0.25) is 4.79 Å². The smallest absolute Gasteiger partial charge is 0.406 e. The summed E-state index contributed by atoms with van der Waals surface area (Å²) in [5.74, 6) is 4.54. The molecule has 0 radical (unpaired) electrons. The summed E-state index contributed by atoms with van der Waals surface area (Å²) in [5, 5.41) is 0.817. The Labute approximate surface area is 102 Å². The standard InChI is InChI=1S/C9H9F3N2O2.ClH/c1-6(15)14(13)7-2-4-8(5-3-7)16-9(10,11)12;/h2-5H,13H2,1H3;1H. The first-order valence-electron chi connectivity index (χ1n) is 4.21. The van der Waals surface area contributed by atoms with Crippen molar-refractivity contribution in [1.29, 1.82) is 0 Å². The number of halogens is 4. The van der Waals surface area contributed by atoms with Gasteiger partial charge in [0.25, 0.3) is 0 Å². The largest absolute Gasteiger partial charge is 0.573 e. The van der Waals surface area contributed by atoms with Crippen molar-refractivity contribution in [2.75, 3.05) is 5.01 Å². The molecule has 0 aliphatic heterocycles. The van der Waals surface area contributed by atoms with Gasteiger partial charge in [0.2, 0.25) is 5.91 Å². The van der Waals surface area contributed by atoms with E-state index in [4.69, 9.17) is 5.84 Å². The zero-order chi connectivity index (χ0) is 12.3. The Balaban J connectivity index is 0.00000256. The number of carbonyl (C=O) groups is 1. The highest BCUT2D eigenvalue weighted by Gasteiger charge is 2.31. The molecule has 96 valence electrons. The molecule has 0 saturated heterocycles. The highest BCUT2D eigenvalue weighted by molar-refractivity contribution is 5.90. The van der Waals surface area contributed by atoms with Crippen LogP contribution in [0.3, 0.4) is 0 Å². The van der Waals surface area contributed by atoms with Crippen LogP contribution < -0.4 is 15.6 Å². The molecule has 1 aromatic carbocycles. The van der Waals surface area contributed by atoms with Crippen LogP contribution in [0.2, 0.25) is 0 Å². The van der Waals surface area contributed by atoms with Crippen LogP contribution in [0.1, 0.15) is 6.92 Å². The molecule has 2 N–H and O–H groups in total. The Hall–Kier alpha value is -1.47. The van der Waals surface area contributed by atoms with E-state index >= 15 is 0 Å². The summed E-state index contributed by atoms with van der Waals surface area (Å²) in [6.45, 7) is 1.24. The normalized spacial score (nSPS) is 10.4. The minimum absolute atomic E-state index is 0. The van der Waals surface area contributed by atoms with Gasteiger partial charge in [-0.25, -0.2) is 10.9 Å². The van der Waals surface area contributed by atoms with Gasteiger partial charge in [-0.1, -0.05) is 0 Å². The molecule has 0 atom stereocenters. The van der Waals surface area contributed by atoms with Crippen LogP contribution in [0, 0.1) is 0 Å². The molecular weight excluding hydrogens is 261 g/mol.